The molecule has 7 heteroatoms. The van der Waals surface area contributed by atoms with Gasteiger partial charge in [0.2, 0.25) is 11.8 Å². The molecule has 1 aliphatic heterocycles. The van der Waals surface area contributed by atoms with E-state index in [0.717, 1.165) is 0 Å². The lowest BCUT2D eigenvalue weighted by atomic mass is 10.2. The molecule has 0 spiro atoms. The Balaban J connectivity index is 2.03. The second kappa shape index (κ2) is 8.73. The lowest BCUT2D eigenvalue weighted by Gasteiger charge is -2.13. The molecule has 1 heterocycles. The van der Waals surface area contributed by atoms with Crippen LogP contribution in [0.3, 0.4) is 0 Å². The van der Waals surface area contributed by atoms with Crippen molar-refractivity contribution in [2.75, 3.05) is 25.0 Å². The van der Waals surface area contributed by atoms with Crippen LogP contribution < -0.4 is 10.1 Å². The molecule has 0 saturated carbocycles. The Bertz CT molecular complexity index is 633. The predicted octanol–water partition coefficient (Wildman–Crippen LogP) is 2.75. The van der Waals surface area contributed by atoms with Gasteiger partial charge >= 0.3 is 0 Å². The van der Waals surface area contributed by atoms with Gasteiger partial charge in [-0.25, -0.2) is 0 Å². The Hall–Kier alpha value is -2.02. The highest BCUT2D eigenvalue weighted by Crippen LogP contribution is 2.30. The number of benzene rings is 1. The molecule has 0 bridgehead atoms. The number of carbonyl (C=O) groups is 2. The number of para-hydroxylation sites is 2. The van der Waals surface area contributed by atoms with Crippen molar-refractivity contribution < 1.29 is 14.3 Å². The van der Waals surface area contributed by atoms with E-state index in [1.54, 1.807) is 17.0 Å². The number of hydrogen-bond donors (Lipinski definition) is 1. The molecule has 6 nitrogen and oxygen atoms in total. The fourth-order valence-corrected chi connectivity index (χ4v) is 3.68. The van der Waals surface area contributed by atoms with Gasteiger partial charge in [-0.05, 0) is 32.9 Å². The van der Waals surface area contributed by atoms with E-state index >= 15 is 0 Å². The number of ether oxygens (including phenoxy) is 1. The normalized spacial score (nSPS) is 19.0. The van der Waals surface area contributed by atoms with E-state index in [0.29, 0.717) is 36.3 Å². The fourth-order valence-electron chi connectivity index (χ4n) is 2.41. The maximum Gasteiger partial charge on any atom is 0.242 e. The average Bonchev–Trinajstić information content (AvgIpc) is 2.85. The molecule has 1 atom stereocenters. The number of thioether (sulfide) groups is 1. The molecule has 1 N–H and O–H groups in total. The first-order valence-corrected chi connectivity index (χ1v) is 9.02. The number of aliphatic imine (C=N–C) groups is 1. The summed E-state index contributed by atoms with van der Waals surface area (Å²) in [5.74, 6) is 0.368. The van der Waals surface area contributed by atoms with E-state index in [1.807, 2.05) is 32.9 Å². The fraction of sp³-hybridized carbons (Fsp3) is 0.471. The lowest BCUT2D eigenvalue weighted by Crippen LogP contribution is -2.33. The Kier molecular flexibility index (Phi) is 6.66. The van der Waals surface area contributed by atoms with Crippen molar-refractivity contribution in [3.63, 3.8) is 0 Å². The average molecular weight is 349 g/mol. The number of nitrogens with one attached hydrogen (secondary N) is 1. The van der Waals surface area contributed by atoms with Crippen LogP contribution in [0.1, 0.15) is 27.2 Å². The van der Waals surface area contributed by atoms with Gasteiger partial charge in [-0.2, -0.15) is 0 Å². The van der Waals surface area contributed by atoms with Crippen LogP contribution in [0.4, 0.5) is 5.69 Å². The van der Waals surface area contributed by atoms with Crippen LogP contribution in [0, 0.1) is 0 Å². The standard InChI is InChI=1S/C17H23N3O3S/c1-4-18-17-20(5-2)16(22)14(24-17)11-15(21)19-12-9-7-8-10-13(12)23-6-3/h7-10,14H,4-6,11H2,1-3H3,(H,19,21). The van der Waals surface area contributed by atoms with Gasteiger partial charge in [-0.3, -0.25) is 19.5 Å². The van der Waals surface area contributed by atoms with Gasteiger partial charge < -0.3 is 10.1 Å². The first-order valence-electron chi connectivity index (χ1n) is 8.14. The third-order valence-corrected chi connectivity index (χ3v) is 4.67. The Morgan fingerprint density at radius 2 is 2.08 bits per heavy atom. The first kappa shape index (κ1) is 18.3. The van der Waals surface area contributed by atoms with Crippen molar-refractivity contribution in [1.82, 2.24) is 4.90 Å². The van der Waals surface area contributed by atoms with E-state index in [4.69, 9.17) is 4.74 Å². The molecule has 1 unspecified atom stereocenters. The van der Waals surface area contributed by atoms with Crippen LogP contribution in [-0.4, -0.2) is 46.8 Å². The van der Waals surface area contributed by atoms with Gasteiger partial charge in [0.25, 0.3) is 0 Å². The highest BCUT2D eigenvalue weighted by atomic mass is 32.2. The molecule has 1 aromatic carbocycles. The Labute approximate surface area is 146 Å². The topological polar surface area (TPSA) is 71.0 Å². The zero-order chi connectivity index (χ0) is 17.5. The minimum atomic E-state index is -0.422. The molecule has 0 aliphatic carbocycles. The Morgan fingerprint density at radius 3 is 2.75 bits per heavy atom. The molecule has 0 radical (unpaired) electrons. The summed E-state index contributed by atoms with van der Waals surface area (Å²) in [5.41, 5.74) is 0.620. The molecule has 1 aliphatic rings. The Morgan fingerprint density at radius 1 is 1.33 bits per heavy atom. The maximum absolute atomic E-state index is 12.4. The van der Waals surface area contributed by atoms with Crippen molar-refractivity contribution in [2.24, 2.45) is 4.99 Å². The van der Waals surface area contributed by atoms with Crippen molar-refractivity contribution in [2.45, 2.75) is 32.4 Å². The zero-order valence-corrected chi connectivity index (χ0v) is 15.1. The first-order chi connectivity index (χ1) is 11.6. The van der Waals surface area contributed by atoms with E-state index in [2.05, 4.69) is 10.3 Å². The molecule has 2 amide bonds. The highest BCUT2D eigenvalue weighted by molar-refractivity contribution is 8.15. The molecular formula is C17H23N3O3S. The van der Waals surface area contributed by atoms with Crippen LogP contribution in [0.15, 0.2) is 29.3 Å². The van der Waals surface area contributed by atoms with Gasteiger partial charge in [0.05, 0.1) is 12.3 Å². The lowest BCUT2D eigenvalue weighted by molar-refractivity contribution is -0.128. The van der Waals surface area contributed by atoms with Gasteiger partial charge in [-0.1, -0.05) is 23.9 Å². The third kappa shape index (κ3) is 4.29. The van der Waals surface area contributed by atoms with Gasteiger partial charge in [-0.15, -0.1) is 0 Å². The van der Waals surface area contributed by atoms with Crippen LogP contribution >= 0.6 is 11.8 Å². The monoisotopic (exact) mass is 349 g/mol. The quantitative estimate of drug-likeness (QED) is 0.822. The number of amides is 2. The van der Waals surface area contributed by atoms with Gasteiger partial charge in [0.1, 0.15) is 11.0 Å². The largest absolute Gasteiger partial charge is 0.492 e. The molecule has 0 aromatic heterocycles. The molecule has 130 valence electrons. The van der Waals surface area contributed by atoms with Crippen LogP contribution in [-0.2, 0) is 9.59 Å². The van der Waals surface area contributed by atoms with Crippen LogP contribution in [0.5, 0.6) is 5.75 Å². The summed E-state index contributed by atoms with van der Waals surface area (Å²) in [6.45, 7) is 7.43. The summed E-state index contributed by atoms with van der Waals surface area (Å²) in [7, 11) is 0. The summed E-state index contributed by atoms with van der Waals surface area (Å²) in [4.78, 5) is 30.7. The highest BCUT2D eigenvalue weighted by Gasteiger charge is 2.38. The van der Waals surface area contributed by atoms with E-state index in [9.17, 15) is 9.59 Å². The smallest absolute Gasteiger partial charge is 0.242 e. The predicted molar refractivity (Wildman–Crippen MR) is 97.6 cm³/mol. The number of carbonyl (C=O) groups excluding carboxylic acids is 2. The number of amidine groups is 1. The molecule has 1 aromatic rings. The summed E-state index contributed by atoms with van der Waals surface area (Å²) in [6.07, 6.45) is 0.114. The summed E-state index contributed by atoms with van der Waals surface area (Å²) < 4.78 is 5.50. The van der Waals surface area contributed by atoms with Crippen molar-refractivity contribution >= 4 is 34.4 Å². The van der Waals surface area contributed by atoms with Crippen molar-refractivity contribution in [1.29, 1.82) is 0 Å². The SMILES string of the molecule is CCN=C1SC(CC(=O)Nc2ccccc2OCC)C(=O)N1CC. The minimum Gasteiger partial charge on any atom is -0.492 e. The molecule has 2 rings (SSSR count). The summed E-state index contributed by atoms with van der Waals surface area (Å²) in [5, 5.41) is 3.12. The minimum absolute atomic E-state index is 0.0528. The van der Waals surface area contributed by atoms with E-state index < -0.39 is 5.25 Å². The number of hydrogen-bond acceptors (Lipinski definition) is 5. The van der Waals surface area contributed by atoms with Crippen LogP contribution in [0.25, 0.3) is 0 Å². The van der Waals surface area contributed by atoms with Crippen molar-refractivity contribution in [3.05, 3.63) is 24.3 Å². The third-order valence-electron chi connectivity index (χ3n) is 3.46. The van der Waals surface area contributed by atoms with Crippen LogP contribution in [0.2, 0.25) is 0 Å². The maximum atomic E-state index is 12.4. The second-order valence-electron chi connectivity index (χ2n) is 5.13. The number of nitrogens with zero attached hydrogens (tertiary/aromatic N) is 2. The molecule has 1 fully saturated rings. The number of anilines is 1. The summed E-state index contributed by atoms with van der Waals surface area (Å²) >= 11 is 1.36. The summed E-state index contributed by atoms with van der Waals surface area (Å²) in [6, 6.07) is 7.27. The second-order valence-corrected chi connectivity index (χ2v) is 6.30. The van der Waals surface area contributed by atoms with E-state index in [-0.39, 0.29) is 18.2 Å². The molecule has 24 heavy (non-hydrogen) atoms. The van der Waals surface area contributed by atoms with Crippen molar-refractivity contribution in [3.8, 4) is 5.75 Å². The van der Waals surface area contributed by atoms with E-state index in [1.165, 1.54) is 11.8 Å². The van der Waals surface area contributed by atoms with Gasteiger partial charge in [0, 0.05) is 19.5 Å². The number of rotatable bonds is 7. The zero-order valence-electron chi connectivity index (χ0n) is 14.2. The van der Waals surface area contributed by atoms with Gasteiger partial charge in [0.15, 0.2) is 5.17 Å². The molecular weight excluding hydrogens is 326 g/mol. The molecule has 1 saturated heterocycles.